The molecular weight excluding hydrogens is 663 g/mol. The van der Waals surface area contributed by atoms with E-state index in [0.29, 0.717) is 42.9 Å². The van der Waals surface area contributed by atoms with E-state index in [-0.39, 0.29) is 67.7 Å². The van der Waals surface area contributed by atoms with E-state index < -0.39 is 11.8 Å². The Bertz CT molecular complexity index is 1610. The van der Waals surface area contributed by atoms with Crippen LogP contribution in [0.3, 0.4) is 0 Å². The number of aliphatic hydroxyl groups excluding tert-OH is 2. The molecule has 2 fully saturated rings. The van der Waals surface area contributed by atoms with Crippen LogP contribution in [0.4, 0.5) is 4.39 Å². The maximum atomic E-state index is 14.6. The van der Waals surface area contributed by atoms with Crippen molar-refractivity contribution in [1.82, 2.24) is 4.90 Å². The fourth-order valence-electron chi connectivity index (χ4n) is 8.85. The highest BCUT2D eigenvalue weighted by molar-refractivity contribution is 6.03. The van der Waals surface area contributed by atoms with E-state index in [1.807, 2.05) is 23.1 Å². The first-order chi connectivity index (χ1) is 25.4. The van der Waals surface area contributed by atoms with E-state index in [4.69, 9.17) is 19.0 Å². The quantitative estimate of drug-likeness (QED) is 0.0891. The van der Waals surface area contributed by atoms with Gasteiger partial charge >= 0.3 is 0 Å². The van der Waals surface area contributed by atoms with Gasteiger partial charge in [0, 0.05) is 49.1 Å². The van der Waals surface area contributed by atoms with E-state index in [1.54, 1.807) is 31.4 Å². The second-order valence-electron chi connectivity index (χ2n) is 14.6. The number of hydrogen-bond donors (Lipinski definition) is 2. The summed E-state index contributed by atoms with van der Waals surface area (Å²) in [6, 6.07) is 11.9. The number of unbranched alkanes of at least 4 members (excludes halogenated alkanes) is 2. The molecule has 0 bridgehead atoms. The van der Waals surface area contributed by atoms with Crippen LogP contribution in [0.5, 0.6) is 11.5 Å². The Balaban J connectivity index is 1.54. The summed E-state index contributed by atoms with van der Waals surface area (Å²) in [4.78, 5) is 21.7. The normalized spacial score (nSPS) is 26.8. The second kappa shape index (κ2) is 17.4. The molecule has 282 valence electrons. The van der Waals surface area contributed by atoms with Crippen molar-refractivity contribution in [3.05, 3.63) is 83.7 Å². The Morgan fingerprint density at radius 2 is 1.88 bits per heavy atom. The van der Waals surface area contributed by atoms with Crippen molar-refractivity contribution < 1.29 is 38.4 Å². The number of ether oxygens (including phenoxy) is 3. The van der Waals surface area contributed by atoms with Crippen molar-refractivity contribution in [3.8, 4) is 11.5 Å². The lowest BCUT2D eigenvalue weighted by molar-refractivity contribution is -0.257. The third kappa shape index (κ3) is 7.80. The minimum absolute atomic E-state index is 0.00270. The predicted molar refractivity (Wildman–Crippen MR) is 197 cm³/mol. The third-order valence-corrected chi connectivity index (χ3v) is 11.2. The molecule has 6 atom stereocenters. The molecule has 3 aliphatic carbocycles. The molecule has 1 heterocycles. The van der Waals surface area contributed by atoms with Gasteiger partial charge in [-0.15, -0.1) is 6.58 Å². The Hall–Kier alpha value is -3.73. The van der Waals surface area contributed by atoms with Crippen LogP contribution in [-0.4, -0.2) is 72.0 Å². The lowest BCUT2D eigenvalue weighted by Crippen LogP contribution is -2.70. The van der Waals surface area contributed by atoms with Gasteiger partial charge in [0.05, 0.1) is 18.2 Å². The monoisotopic (exact) mass is 718 g/mol. The van der Waals surface area contributed by atoms with Crippen LogP contribution >= 0.6 is 0 Å². The molecule has 0 saturated heterocycles. The maximum Gasteiger partial charge on any atom is 0.239 e. The molecule has 1 amide bonds. The van der Waals surface area contributed by atoms with Crippen molar-refractivity contribution in [3.63, 3.8) is 0 Å². The number of rotatable bonds is 19. The van der Waals surface area contributed by atoms with E-state index in [1.165, 1.54) is 6.07 Å². The summed E-state index contributed by atoms with van der Waals surface area (Å²) in [5.41, 5.74) is 3.21. The van der Waals surface area contributed by atoms with Crippen molar-refractivity contribution in [2.45, 2.75) is 95.5 Å². The summed E-state index contributed by atoms with van der Waals surface area (Å²) in [5, 5.41) is 24.2. The van der Waals surface area contributed by atoms with Gasteiger partial charge in [-0.05, 0) is 86.6 Å². The molecule has 2 aromatic carbocycles. The van der Waals surface area contributed by atoms with Gasteiger partial charge in [0.1, 0.15) is 37.1 Å². The number of fused-ring (bicyclic) bond motifs is 2. The summed E-state index contributed by atoms with van der Waals surface area (Å²) in [6.07, 6.45) is 11.8. The summed E-state index contributed by atoms with van der Waals surface area (Å²) in [5.74, 6) is -0.468. The Labute approximate surface area is 307 Å². The van der Waals surface area contributed by atoms with Crippen LogP contribution in [-0.2, 0) is 21.0 Å². The molecule has 2 aromatic rings. The lowest BCUT2D eigenvalue weighted by Gasteiger charge is -2.60. The summed E-state index contributed by atoms with van der Waals surface area (Å²) >= 11 is 0. The number of carbonyl (C=O) groups excluding carboxylic acids is 1. The largest absolute Gasteiger partial charge is 0.489 e. The predicted octanol–water partition coefficient (Wildman–Crippen LogP) is 7.32. The number of amides is 1. The van der Waals surface area contributed by atoms with E-state index >= 15 is 0 Å². The Kier molecular flexibility index (Phi) is 12.7. The molecule has 52 heavy (non-hydrogen) atoms. The van der Waals surface area contributed by atoms with Gasteiger partial charge < -0.3 is 34.2 Å². The minimum Gasteiger partial charge on any atom is -0.489 e. The number of allylic oxidation sites excluding steroid dienone is 1. The number of carbonyl (C=O) groups is 1. The first kappa shape index (κ1) is 38.0. The average molecular weight is 719 g/mol. The van der Waals surface area contributed by atoms with E-state index in [0.717, 1.165) is 61.8 Å². The molecular formula is C42H55FN2O7. The Morgan fingerprint density at radius 1 is 1.12 bits per heavy atom. The summed E-state index contributed by atoms with van der Waals surface area (Å²) in [6.45, 7) is 7.16. The molecule has 1 aliphatic heterocycles. The molecule has 0 aromatic heterocycles. The molecule has 2 saturated carbocycles. The minimum atomic E-state index is -1.26. The van der Waals surface area contributed by atoms with Gasteiger partial charge in [0.15, 0.2) is 0 Å². The van der Waals surface area contributed by atoms with Crippen molar-refractivity contribution in [1.29, 1.82) is 0 Å². The first-order valence-corrected chi connectivity index (χ1v) is 19.2. The van der Waals surface area contributed by atoms with Gasteiger partial charge in [-0.3, -0.25) is 4.79 Å². The fraction of sp³-hybridized carbons (Fsp3) is 0.571. The smallest absolute Gasteiger partial charge is 0.239 e. The second-order valence-corrected chi connectivity index (χ2v) is 14.6. The summed E-state index contributed by atoms with van der Waals surface area (Å²) in [7, 11) is 1.56. The van der Waals surface area contributed by atoms with Gasteiger partial charge in [-0.1, -0.05) is 55.3 Å². The topological polar surface area (TPSA) is 110 Å². The number of halogens is 1. The van der Waals surface area contributed by atoms with Gasteiger partial charge in [-0.25, -0.2) is 4.39 Å². The van der Waals surface area contributed by atoms with Gasteiger partial charge in [0.2, 0.25) is 11.7 Å². The first-order valence-electron chi connectivity index (χ1n) is 19.2. The molecule has 6 rings (SSSR count). The molecule has 9 nitrogen and oxygen atoms in total. The van der Waals surface area contributed by atoms with Crippen LogP contribution in [0.15, 0.2) is 71.9 Å². The van der Waals surface area contributed by atoms with Crippen molar-refractivity contribution in [2.24, 2.45) is 28.8 Å². The number of hydrogen-bond acceptors (Lipinski definition) is 8. The van der Waals surface area contributed by atoms with Crippen LogP contribution in [0.25, 0.3) is 0 Å². The van der Waals surface area contributed by atoms with Crippen LogP contribution in [0.2, 0.25) is 0 Å². The van der Waals surface area contributed by atoms with Crippen LogP contribution in [0.1, 0.15) is 88.2 Å². The zero-order valence-corrected chi connectivity index (χ0v) is 30.7. The maximum absolute atomic E-state index is 14.6. The summed E-state index contributed by atoms with van der Waals surface area (Å²) < 4.78 is 35.0. The number of aliphatic hydroxyl groups is 2. The lowest BCUT2D eigenvalue weighted by atomic mass is 9.55. The van der Waals surface area contributed by atoms with E-state index in [9.17, 15) is 19.4 Å². The molecule has 0 unspecified atom stereocenters. The van der Waals surface area contributed by atoms with E-state index in [2.05, 4.69) is 24.7 Å². The Morgan fingerprint density at radius 3 is 2.58 bits per heavy atom. The van der Waals surface area contributed by atoms with Gasteiger partial charge in [-0.2, -0.15) is 0 Å². The highest BCUT2D eigenvalue weighted by atomic mass is 19.1. The highest BCUT2D eigenvalue weighted by Gasteiger charge is 2.65. The van der Waals surface area contributed by atoms with Crippen LogP contribution < -0.4 is 9.47 Å². The average Bonchev–Trinajstić information content (AvgIpc) is 4.01. The zero-order chi connectivity index (χ0) is 36.7. The molecule has 0 radical (unpaired) electrons. The highest BCUT2D eigenvalue weighted by Crippen LogP contribution is 2.62. The SMILES string of the molecule is C=CCO[C@@]12Oc3ccc(OCc4ccccc4F)cc3[C@H]3[C@H](CCCCO)[C@@H](CCCCO)C=C(C(=NOC)C[C@@H]1N(CCC)C(=O)C1CC1)[C@H]32. The number of nitrogens with zero attached hydrogens (tertiary/aromatic N) is 2. The van der Waals surface area contributed by atoms with Crippen molar-refractivity contribution >= 4 is 11.6 Å². The number of oxime groups is 1. The van der Waals surface area contributed by atoms with Gasteiger partial charge in [0.25, 0.3) is 0 Å². The fourth-order valence-corrected chi connectivity index (χ4v) is 8.85. The molecule has 10 heteroatoms. The molecule has 2 N–H and O–H groups in total. The molecule has 0 spiro atoms. The number of benzene rings is 2. The third-order valence-electron chi connectivity index (χ3n) is 11.2. The van der Waals surface area contributed by atoms with Crippen LogP contribution in [0, 0.1) is 29.5 Å². The standard InChI is InChI=1S/C42H55FN2O7/c1-4-20-45(41(48)28-16-17-28)38-26-36(44-49-3)33-24-29(12-8-10-21-46)32(14-9-11-22-47)39-34-25-31(50-27-30-13-6-7-15-35(30)43)18-19-37(34)52-42(38,40(33)39)51-23-5-2/h5-7,13,15,18-19,24-25,28-29,32,38-40,46-47H,2,4,8-12,14,16-17,20-23,26-27H2,1,3H3/t29-,32+,38-,39+,40+,42+/m0/s1. The zero-order valence-electron chi connectivity index (χ0n) is 30.7. The van der Waals surface area contributed by atoms with Crippen molar-refractivity contribution in [2.75, 3.05) is 33.5 Å². The molecule has 4 aliphatic rings.